The van der Waals surface area contributed by atoms with E-state index in [4.69, 9.17) is 16.7 Å². The Balaban J connectivity index is 1.80. The number of amides is 1. The van der Waals surface area contributed by atoms with E-state index in [0.29, 0.717) is 30.0 Å². The number of benzene rings is 2. The molecule has 3 N–H and O–H groups in total. The van der Waals surface area contributed by atoms with E-state index in [0.717, 1.165) is 16.7 Å². The number of hydrogen-bond donors (Lipinski definition) is 2. The summed E-state index contributed by atoms with van der Waals surface area (Å²) >= 11 is 6.08. The molecule has 7 heteroatoms. The molecule has 134 valence electrons. The molecule has 2 aromatic rings. The zero-order valence-corrected chi connectivity index (χ0v) is 15.5. The molecule has 5 nitrogen and oxygen atoms in total. The summed E-state index contributed by atoms with van der Waals surface area (Å²) < 4.78 is 22.1. The molecule has 0 fully saturated rings. The summed E-state index contributed by atoms with van der Waals surface area (Å²) in [5.41, 5.74) is 3.55. The Morgan fingerprint density at radius 2 is 1.68 bits per heavy atom. The Morgan fingerprint density at radius 1 is 1.08 bits per heavy atom. The molecule has 2 aromatic carbocycles. The van der Waals surface area contributed by atoms with Crippen LogP contribution < -0.4 is 10.5 Å². The molecule has 0 aromatic heterocycles. The van der Waals surface area contributed by atoms with Gasteiger partial charge in [-0.2, -0.15) is 0 Å². The number of rotatable bonds is 7. The highest BCUT2D eigenvalue weighted by Gasteiger charge is 2.06. The molecular formula is C18H21ClN2O3S. The van der Waals surface area contributed by atoms with Crippen LogP contribution in [0.2, 0.25) is 5.02 Å². The molecule has 25 heavy (non-hydrogen) atoms. The van der Waals surface area contributed by atoms with Gasteiger partial charge in [0.2, 0.25) is 15.9 Å². The number of halogens is 1. The number of aryl methyl sites for hydroxylation is 2. The highest BCUT2D eigenvalue weighted by molar-refractivity contribution is 7.88. The van der Waals surface area contributed by atoms with Crippen LogP contribution in [-0.2, 0) is 33.5 Å². The molecule has 0 radical (unpaired) electrons. The molecule has 0 aliphatic heterocycles. The van der Waals surface area contributed by atoms with Crippen molar-refractivity contribution in [1.82, 2.24) is 5.32 Å². The van der Waals surface area contributed by atoms with Gasteiger partial charge in [0, 0.05) is 18.0 Å². The van der Waals surface area contributed by atoms with E-state index < -0.39 is 10.0 Å². The summed E-state index contributed by atoms with van der Waals surface area (Å²) in [7, 11) is -3.53. The average molecular weight is 381 g/mol. The number of hydrogen-bond acceptors (Lipinski definition) is 3. The molecule has 0 unspecified atom stereocenters. The van der Waals surface area contributed by atoms with Crippen LogP contribution >= 0.6 is 11.6 Å². The van der Waals surface area contributed by atoms with Crippen molar-refractivity contribution >= 4 is 27.5 Å². The maximum absolute atomic E-state index is 12.0. The molecule has 0 heterocycles. The molecule has 2 rings (SSSR count). The third-order valence-corrected chi connectivity index (χ3v) is 4.90. The lowest BCUT2D eigenvalue weighted by Crippen LogP contribution is -2.23. The molecule has 0 bridgehead atoms. The minimum atomic E-state index is -3.53. The first-order valence-corrected chi connectivity index (χ1v) is 9.92. The van der Waals surface area contributed by atoms with E-state index in [-0.39, 0.29) is 11.7 Å². The summed E-state index contributed by atoms with van der Waals surface area (Å²) in [6.45, 7) is 2.33. The van der Waals surface area contributed by atoms with Crippen LogP contribution in [0.25, 0.3) is 0 Å². The average Bonchev–Trinajstić information content (AvgIpc) is 2.54. The second kappa shape index (κ2) is 8.47. The lowest BCUT2D eigenvalue weighted by Gasteiger charge is -2.07. The van der Waals surface area contributed by atoms with Gasteiger partial charge in [0.1, 0.15) is 0 Å². The quantitative estimate of drug-likeness (QED) is 0.773. The summed E-state index contributed by atoms with van der Waals surface area (Å²) in [4.78, 5) is 12.0. The van der Waals surface area contributed by atoms with Crippen LogP contribution in [0.4, 0.5) is 0 Å². The van der Waals surface area contributed by atoms with Crippen LogP contribution in [0.5, 0.6) is 0 Å². The van der Waals surface area contributed by atoms with Gasteiger partial charge in [0.05, 0.1) is 5.75 Å². The highest BCUT2D eigenvalue weighted by atomic mass is 35.5. The monoisotopic (exact) mass is 380 g/mol. The van der Waals surface area contributed by atoms with Crippen molar-refractivity contribution < 1.29 is 13.2 Å². The summed E-state index contributed by atoms with van der Waals surface area (Å²) in [5, 5.41) is 8.56. The van der Waals surface area contributed by atoms with E-state index in [1.807, 2.05) is 25.1 Å². The van der Waals surface area contributed by atoms with Crippen molar-refractivity contribution in [3.05, 3.63) is 69.7 Å². The van der Waals surface area contributed by atoms with Crippen molar-refractivity contribution in [3.63, 3.8) is 0 Å². The number of primary sulfonamides is 1. The maximum Gasteiger partial charge on any atom is 0.220 e. The smallest absolute Gasteiger partial charge is 0.220 e. The van der Waals surface area contributed by atoms with Crippen molar-refractivity contribution in [1.29, 1.82) is 0 Å². The SMILES string of the molecule is Cc1ccc(CCC(=O)NCc2ccc(CS(N)(=O)=O)cc2)cc1Cl. The first-order chi connectivity index (χ1) is 11.7. The number of sulfonamides is 1. The Bertz CT molecular complexity index is 849. The highest BCUT2D eigenvalue weighted by Crippen LogP contribution is 2.17. The predicted octanol–water partition coefficient (Wildman–Crippen LogP) is 2.69. The number of nitrogens with two attached hydrogens (primary N) is 1. The Hall–Kier alpha value is -1.89. The van der Waals surface area contributed by atoms with Gasteiger partial charge >= 0.3 is 0 Å². The number of carbonyl (C=O) groups is 1. The molecular weight excluding hydrogens is 360 g/mol. The zero-order valence-electron chi connectivity index (χ0n) is 14.0. The Labute approximate surface area is 153 Å². The molecule has 0 aliphatic rings. The summed E-state index contributed by atoms with van der Waals surface area (Å²) in [5.74, 6) is -0.246. The Kier molecular flexibility index (Phi) is 6.58. The van der Waals surface area contributed by atoms with Crippen LogP contribution in [-0.4, -0.2) is 14.3 Å². The molecule has 0 saturated heterocycles. The van der Waals surface area contributed by atoms with Gasteiger partial charge in [-0.1, -0.05) is 48.0 Å². The van der Waals surface area contributed by atoms with Gasteiger partial charge in [-0.15, -0.1) is 0 Å². The van der Waals surface area contributed by atoms with Gasteiger partial charge in [0.15, 0.2) is 0 Å². The molecule has 1 amide bonds. The van der Waals surface area contributed by atoms with Gasteiger partial charge < -0.3 is 5.32 Å². The second-order valence-electron chi connectivity index (χ2n) is 5.98. The lowest BCUT2D eigenvalue weighted by molar-refractivity contribution is -0.121. The molecule has 0 aliphatic carbocycles. The second-order valence-corrected chi connectivity index (χ2v) is 8.01. The van der Waals surface area contributed by atoms with Crippen LogP contribution in [0, 0.1) is 6.92 Å². The van der Waals surface area contributed by atoms with E-state index >= 15 is 0 Å². The van der Waals surface area contributed by atoms with Gasteiger partial charge in [-0.25, -0.2) is 13.6 Å². The summed E-state index contributed by atoms with van der Waals surface area (Å²) in [6.07, 6.45) is 1.00. The fourth-order valence-corrected chi connectivity index (χ4v) is 3.18. The molecule has 0 spiro atoms. The minimum Gasteiger partial charge on any atom is -0.352 e. The van der Waals surface area contributed by atoms with Gasteiger partial charge in [0.25, 0.3) is 0 Å². The maximum atomic E-state index is 12.0. The summed E-state index contributed by atoms with van der Waals surface area (Å²) in [6, 6.07) is 12.7. The number of nitrogens with one attached hydrogen (secondary N) is 1. The minimum absolute atomic E-state index is 0.0506. The fraction of sp³-hybridized carbons (Fsp3) is 0.278. The van der Waals surface area contributed by atoms with E-state index in [2.05, 4.69) is 5.32 Å². The number of carbonyl (C=O) groups excluding carboxylic acids is 1. The van der Waals surface area contributed by atoms with E-state index in [9.17, 15) is 13.2 Å². The van der Waals surface area contributed by atoms with Crippen molar-refractivity contribution in [2.45, 2.75) is 32.1 Å². The van der Waals surface area contributed by atoms with Crippen LogP contribution in [0.15, 0.2) is 42.5 Å². The standard InChI is InChI=1S/C18H21ClN2O3S/c1-13-2-3-14(10-17(13)19)8-9-18(22)21-11-15-4-6-16(7-5-15)12-25(20,23)24/h2-7,10H,8-9,11-12H2,1H3,(H,21,22)(H2,20,23,24). The van der Waals surface area contributed by atoms with Crippen LogP contribution in [0.1, 0.15) is 28.7 Å². The zero-order chi connectivity index (χ0) is 18.4. The van der Waals surface area contributed by atoms with Crippen molar-refractivity contribution in [2.24, 2.45) is 5.14 Å². The van der Waals surface area contributed by atoms with Gasteiger partial charge in [-0.05, 0) is 41.7 Å². The lowest BCUT2D eigenvalue weighted by atomic mass is 10.1. The third-order valence-electron chi connectivity index (χ3n) is 3.76. The molecule has 0 saturated carbocycles. The van der Waals surface area contributed by atoms with Crippen molar-refractivity contribution in [2.75, 3.05) is 0 Å². The topological polar surface area (TPSA) is 89.3 Å². The van der Waals surface area contributed by atoms with Crippen molar-refractivity contribution in [3.8, 4) is 0 Å². The third kappa shape index (κ3) is 6.86. The van der Waals surface area contributed by atoms with E-state index in [1.165, 1.54) is 0 Å². The fourth-order valence-electron chi connectivity index (χ4n) is 2.32. The molecule has 0 atom stereocenters. The first kappa shape index (κ1) is 19.4. The first-order valence-electron chi connectivity index (χ1n) is 7.83. The predicted molar refractivity (Wildman–Crippen MR) is 99.6 cm³/mol. The largest absolute Gasteiger partial charge is 0.352 e. The van der Waals surface area contributed by atoms with Gasteiger partial charge in [-0.3, -0.25) is 4.79 Å². The van der Waals surface area contributed by atoms with Crippen LogP contribution in [0.3, 0.4) is 0 Å². The van der Waals surface area contributed by atoms with E-state index in [1.54, 1.807) is 24.3 Å². The normalized spacial score (nSPS) is 11.3. The Morgan fingerprint density at radius 3 is 2.28 bits per heavy atom.